The lowest BCUT2D eigenvalue weighted by molar-refractivity contribution is 0.352. The summed E-state index contributed by atoms with van der Waals surface area (Å²) in [5.74, 6) is 0. The third kappa shape index (κ3) is 1.66. The van der Waals surface area contributed by atoms with Crippen molar-refractivity contribution in [1.82, 2.24) is 13.9 Å². The number of fused-ring (bicyclic) bond motifs is 1. The fourth-order valence-corrected chi connectivity index (χ4v) is 2.84. The van der Waals surface area contributed by atoms with E-state index in [-0.39, 0.29) is 5.69 Å². The Balaban J connectivity index is 2.28. The highest BCUT2D eigenvalue weighted by molar-refractivity contribution is 7.71. The van der Waals surface area contributed by atoms with Crippen molar-refractivity contribution in [1.29, 1.82) is 0 Å². The van der Waals surface area contributed by atoms with Crippen LogP contribution in [0.25, 0.3) is 5.69 Å². The Morgan fingerprint density at radius 2 is 1.89 bits per heavy atom. The molecule has 1 aliphatic rings. The minimum Gasteiger partial charge on any atom is -0.256 e. The first-order valence-electron chi connectivity index (χ1n) is 6.18. The molecule has 2 heterocycles. The van der Waals surface area contributed by atoms with E-state index >= 15 is 0 Å². The SMILES string of the molecule is Cc1cccc(-n2c(=O)n3n(c2=S)CCCC3)c1. The van der Waals surface area contributed by atoms with Crippen LogP contribution in [0, 0.1) is 11.7 Å². The van der Waals surface area contributed by atoms with Gasteiger partial charge in [0.1, 0.15) is 0 Å². The number of nitrogens with zero attached hydrogens (tertiary/aromatic N) is 3. The Hall–Kier alpha value is -1.62. The van der Waals surface area contributed by atoms with Gasteiger partial charge in [0, 0.05) is 13.1 Å². The fourth-order valence-electron chi connectivity index (χ4n) is 2.46. The van der Waals surface area contributed by atoms with E-state index in [1.807, 2.05) is 35.9 Å². The van der Waals surface area contributed by atoms with Crippen LogP contribution in [0.15, 0.2) is 29.1 Å². The molecule has 1 aliphatic heterocycles. The zero-order valence-electron chi connectivity index (χ0n) is 10.3. The van der Waals surface area contributed by atoms with Gasteiger partial charge in [-0.2, -0.15) is 0 Å². The number of benzene rings is 1. The molecule has 0 saturated carbocycles. The molecule has 0 unspecified atom stereocenters. The molecule has 5 heteroatoms. The second kappa shape index (κ2) is 4.24. The summed E-state index contributed by atoms with van der Waals surface area (Å²) in [6, 6.07) is 7.88. The molecule has 94 valence electrons. The van der Waals surface area contributed by atoms with E-state index in [4.69, 9.17) is 12.2 Å². The van der Waals surface area contributed by atoms with Crippen LogP contribution in [0.3, 0.4) is 0 Å². The lowest BCUT2D eigenvalue weighted by Crippen LogP contribution is -2.29. The summed E-state index contributed by atoms with van der Waals surface area (Å²) in [6.45, 7) is 3.62. The van der Waals surface area contributed by atoms with Gasteiger partial charge >= 0.3 is 5.69 Å². The van der Waals surface area contributed by atoms with Crippen LogP contribution in [0.5, 0.6) is 0 Å². The monoisotopic (exact) mass is 261 g/mol. The van der Waals surface area contributed by atoms with Gasteiger partial charge in [0.2, 0.25) is 4.77 Å². The second-order valence-electron chi connectivity index (χ2n) is 4.69. The molecule has 1 aromatic heterocycles. The molecular formula is C13H15N3OS. The fraction of sp³-hybridized carbons (Fsp3) is 0.385. The zero-order valence-corrected chi connectivity index (χ0v) is 11.1. The van der Waals surface area contributed by atoms with Gasteiger partial charge in [-0.05, 0) is 49.7 Å². The van der Waals surface area contributed by atoms with Crippen molar-refractivity contribution in [3.63, 3.8) is 0 Å². The van der Waals surface area contributed by atoms with Crippen molar-refractivity contribution in [2.75, 3.05) is 0 Å². The highest BCUT2D eigenvalue weighted by Crippen LogP contribution is 2.12. The molecule has 0 saturated heterocycles. The summed E-state index contributed by atoms with van der Waals surface area (Å²) in [5, 5.41) is 0. The van der Waals surface area contributed by atoms with E-state index in [0.29, 0.717) is 4.77 Å². The van der Waals surface area contributed by atoms with Gasteiger partial charge < -0.3 is 0 Å². The number of hydrogen-bond donors (Lipinski definition) is 0. The van der Waals surface area contributed by atoms with E-state index < -0.39 is 0 Å². The molecule has 0 amide bonds. The molecule has 0 fully saturated rings. The first-order chi connectivity index (χ1) is 8.68. The summed E-state index contributed by atoms with van der Waals surface area (Å²) < 4.78 is 5.91. The molecular weight excluding hydrogens is 246 g/mol. The van der Waals surface area contributed by atoms with Crippen LogP contribution in [0.2, 0.25) is 0 Å². The molecule has 0 N–H and O–H groups in total. The predicted molar refractivity (Wildman–Crippen MR) is 72.8 cm³/mol. The van der Waals surface area contributed by atoms with Crippen LogP contribution < -0.4 is 5.69 Å². The highest BCUT2D eigenvalue weighted by Gasteiger charge is 2.17. The van der Waals surface area contributed by atoms with Gasteiger partial charge in [0.25, 0.3) is 0 Å². The van der Waals surface area contributed by atoms with Crippen molar-refractivity contribution in [3.05, 3.63) is 45.1 Å². The maximum absolute atomic E-state index is 12.4. The summed E-state index contributed by atoms with van der Waals surface area (Å²) in [4.78, 5) is 12.4. The van der Waals surface area contributed by atoms with Crippen molar-refractivity contribution < 1.29 is 0 Å². The predicted octanol–water partition coefficient (Wildman–Crippen LogP) is 2.27. The Morgan fingerprint density at radius 3 is 2.56 bits per heavy atom. The third-order valence-corrected chi connectivity index (χ3v) is 3.76. The van der Waals surface area contributed by atoms with Gasteiger partial charge in [0.15, 0.2) is 0 Å². The maximum atomic E-state index is 12.4. The topological polar surface area (TPSA) is 31.9 Å². The van der Waals surface area contributed by atoms with Gasteiger partial charge in [-0.3, -0.25) is 4.68 Å². The molecule has 1 aromatic carbocycles. The van der Waals surface area contributed by atoms with E-state index in [2.05, 4.69) is 0 Å². The first-order valence-corrected chi connectivity index (χ1v) is 6.59. The minimum absolute atomic E-state index is 0.0229. The molecule has 18 heavy (non-hydrogen) atoms. The summed E-state index contributed by atoms with van der Waals surface area (Å²) >= 11 is 5.43. The lowest BCUT2D eigenvalue weighted by Gasteiger charge is -2.14. The Kier molecular flexibility index (Phi) is 2.70. The van der Waals surface area contributed by atoms with Gasteiger partial charge in [0.05, 0.1) is 5.69 Å². The molecule has 3 rings (SSSR count). The number of hydrogen-bond acceptors (Lipinski definition) is 2. The molecule has 0 aliphatic carbocycles. The van der Waals surface area contributed by atoms with Gasteiger partial charge in [-0.25, -0.2) is 14.0 Å². The Morgan fingerprint density at radius 1 is 1.17 bits per heavy atom. The Bertz CT molecular complexity index is 670. The van der Waals surface area contributed by atoms with Crippen LogP contribution in [-0.4, -0.2) is 13.9 Å². The molecule has 4 nitrogen and oxygen atoms in total. The van der Waals surface area contributed by atoms with Gasteiger partial charge in [-0.1, -0.05) is 12.1 Å². The molecule has 0 spiro atoms. The summed E-state index contributed by atoms with van der Waals surface area (Å²) in [6.07, 6.45) is 2.14. The minimum atomic E-state index is -0.0229. The van der Waals surface area contributed by atoms with Crippen LogP contribution >= 0.6 is 12.2 Å². The Labute approximate surface area is 110 Å². The molecule has 0 bridgehead atoms. The van der Waals surface area contributed by atoms with E-state index in [9.17, 15) is 4.79 Å². The normalized spacial score (nSPS) is 14.5. The summed E-state index contributed by atoms with van der Waals surface area (Å²) in [7, 11) is 0. The smallest absolute Gasteiger partial charge is 0.256 e. The lowest BCUT2D eigenvalue weighted by atomic mass is 10.2. The van der Waals surface area contributed by atoms with Crippen molar-refractivity contribution in [2.24, 2.45) is 0 Å². The van der Waals surface area contributed by atoms with Crippen LogP contribution in [0.1, 0.15) is 18.4 Å². The van der Waals surface area contributed by atoms with Crippen LogP contribution in [-0.2, 0) is 13.1 Å². The van der Waals surface area contributed by atoms with E-state index in [1.165, 1.54) is 0 Å². The zero-order chi connectivity index (χ0) is 12.7. The summed E-state index contributed by atoms with van der Waals surface area (Å²) in [5.41, 5.74) is 1.97. The maximum Gasteiger partial charge on any atom is 0.349 e. The highest BCUT2D eigenvalue weighted by atomic mass is 32.1. The molecule has 2 aromatic rings. The first kappa shape index (κ1) is 11.5. The average Bonchev–Trinajstić information content (AvgIpc) is 2.63. The number of aryl methyl sites for hydroxylation is 1. The van der Waals surface area contributed by atoms with Crippen molar-refractivity contribution in [3.8, 4) is 5.69 Å². The van der Waals surface area contributed by atoms with Gasteiger partial charge in [-0.15, -0.1) is 0 Å². The second-order valence-corrected chi connectivity index (χ2v) is 5.06. The standard InChI is InChI=1S/C13H15N3OS/c1-10-5-4-6-11(9-10)16-12(17)14-7-2-3-8-15(14)13(16)18/h4-6,9H,2-3,7-8H2,1H3. The number of aromatic nitrogens is 3. The molecule has 0 atom stereocenters. The third-order valence-electron chi connectivity index (χ3n) is 3.37. The average molecular weight is 261 g/mol. The number of rotatable bonds is 1. The molecule has 0 radical (unpaired) electrons. The largest absolute Gasteiger partial charge is 0.349 e. The van der Waals surface area contributed by atoms with Crippen molar-refractivity contribution in [2.45, 2.75) is 32.9 Å². The van der Waals surface area contributed by atoms with E-state index in [0.717, 1.165) is 37.2 Å². The van der Waals surface area contributed by atoms with Crippen molar-refractivity contribution >= 4 is 12.2 Å². The van der Waals surface area contributed by atoms with E-state index in [1.54, 1.807) is 9.25 Å². The van der Waals surface area contributed by atoms with Crippen LogP contribution in [0.4, 0.5) is 0 Å². The quantitative estimate of drug-likeness (QED) is 0.738.